The molecule has 1 saturated heterocycles. The molecule has 86 valence electrons. The van der Waals surface area contributed by atoms with Crippen molar-refractivity contribution in [1.82, 2.24) is 5.32 Å². The van der Waals surface area contributed by atoms with E-state index in [9.17, 15) is 26.4 Å². The van der Waals surface area contributed by atoms with E-state index in [1.54, 1.807) is 0 Å². The minimum atomic E-state index is -5.09. The van der Waals surface area contributed by atoms with Gasteiger partial charge in [-0.2, -0.15) is 16.8 Å². The second-order valence-corrected chi connectivity index (χ2v) is 5.80. The van der Waals surface area contributed by atoms with Crippen LogP contribution in [0.2, 0.25) is 0 Å². The van der Waals surface area contributed by atoms with Gasteiger partial charge in [0.1, 0.15) is 0 Å². The van der Waals surface area contributed by atoms with Crippen LogP contribution in [0.3, 0.4) is 0 Å². The number of rotatable bonds is 2. The summed E-state index contributed by atoms with van der Waals surface area (Å²) in [6, 6.07) is 0. The molecule has 11 heteroatoms. The molecule has 1 fully saturated rings. The fourth-order valence-electron chi connectivity index (χ4n) is 1.12. The molecule has 2 unspecified atom stereocenters. The molecule has 2 amide bonds. The maximum atomic E-state index is 10.8. The van der Waals surface area contributed by atoms with Crippen molar-refractivity contribution in [2.24, 2.45) is 0 Å². The molecule has 0 aromatic carbocycles. The highest BCUT2D eigenvalue weighted by molar-refractivity contribution is 7.91. The second-order valence-electron chi connectivity index (χ2n) is 2.72. The van der Waals surface area contributed by atoms with E-state index in [4.69, 9.17) is 9.11 Å². The summed E-state index contributed by atoms with van der Waals surface area (Å²) in [6.45, 7) is 0. The Balaban J connectivity index is 3.37. The lowest BCUT2D eigenvalue weighted by molar-refractivity contribution is -0.124. The maximum Gasteiger partial charge on any atom is 0.278 e. The van der Waals surface area contributed by atoms with E-state index >= 15 is 0 Å². The molecule has 0 saturated carbocycles. The first-order valence-electron chi connectivity index (χ1n) is 3.32. The molecule has 1 aliphatic heterocycles. The average molecular weight is 259 g/mol. The number of carbonyl (C=O) groups excluding carboxylic acids is 2. The van der Waals surface area contributed by atoms with Gasteiger partial charge in [0.25, 0.3) is 20.2 Å². The SMILES string of the molecule is O=C1NC(=O)C(S(=O)(=O)O)C1S(=O)(=O)O. The van der Waals surface area contributed by atoms with Gasteiger partial charge in [-0.05, 0) is 0 Å². The third kappa shape index (κ3) is 2.14. The normalized spacial score (nSPS) is 27.9. The van der Waals surface area contributed by atoms with E-state index in [1.165, 1.54) is 5.32 Å². The number of nitrogens with one attached hydrogen (secondary N) is 1. The van der Waals surface area contributed by atoms with Crippen LogP contribution in [0.25, 0.3) is 0 Å². The minimum absolute atomic E-state index is 1.37. The van der Waals surface area contributed by atoms with Crippen molar-refractivity contribution in [3.63, 3.8) is 0 Å². The third-order valence-corrected chi connectivity index (χ3v) is 4.11. The van der Waals surface area contributed by atoms with E-state index < -0.39 is 42.6 Å². The Kier molecular flexibility index (Phi) is 2.59. The Bertz CT molecular complexity index is 467. The van der Waals surface area contributed by atoms with Crippen molar-refractivity contribution < 1.29 is 35.5 Å². The van der Waals surface area contributed by atoms with Gasteiger partial charge < -0.3 is 0 Å². The summed E-state index contributed by atoms with van der Waals surface area (Å²) < 4.78 is 59.5. The predicted molar refractivity (Wildman–Crippen MR) is 43.8 cm³/mol. The molecule has 0 aromatic rings. The van der Waals surface area contributed by atoms with Crippen LogP contribution in [0, 0.1) is 0 Å². The molecule has 0 aliphatic carbocycles. The summed E-state index contributed by atoms with van der Waals surface area (Å²) in [5.41, 5.74) is 0. The number of imide groups is 1. The van der Waals surface area contributed by atoms with E-state index in [0.29, 0.717) is 0 Å². The van der Waals surface area contributed by atoms with E-state index in [-0.39, 0.29) is 0 Å². The van der Waals surface area contributed by atoms with E-state index in [2.05, 4.69) is 0 Å². The lowest BCUT2D eigenvalue weighted by Crippen LogP contribution is -2.41. The molecule has 1 aliphatic rings. The Hall–Kier alpha value is -1.04. The van der Waals surface area contributed by atoms with Gasteiger partial charge in [0.05, 0.1) is 0 Å². The first kappa shape index (κ1) is 12.0. The van der Waals surface area contributed by atoms with Crippen molar-refractivity contribution >= 4 is 32.1 Å². The molecule has 0 aromatic heterocycles. The molecule has 0 radical (unpaired) electrons. The van der Waals surface area contributed by atoms with Gasteiger partial charge in [-0.3, -0.25) is 24.0 Å². The standard InChI is InChI=1S/C4H5NO8S2/c6-3-1(14(8,9)10)2(4(7)5-3)15(11,12)13/h1-2H,(H,5,6,7)(H,8,9,10)(H,11,12,13). The van der Waals surface area contributed by atoms with Gasteiger partial charge in [0, 0.05) is 0 Å². The zero-order chi connectivity index (χ0) is 12.0. The van der Waals surface area contributed by atoms with Crippen LogP contribution in [0.5, 0.6) is 0 Å². The lowest BCUT2D eigenvalue weighted by atomic mass is 10.3. The Morgan fingerprint density at radius 3 is 1.33 bits per heavy atom. The maximum absolute atomic E-state index is 10.8. The van der Waals surface area contributed by atoms with Crippen LogP contribution in [0.1, 0.15) is 0 Å². The summed E-state index contributed by atoms with van der Waals surface area (Å²) in [5, 5.41) is -3.68. The fraction of sp³-hybridized carbons (Fsp3) is 0.500. The molecular formula is C4H5NO8S2. The van der Waals surface area contributed by atoms with Gasteiger partial charge >= 0.3 is 0 Å². The van der Waals surface area contributed by atoms with Crippen LogP contribution in [0.15, 0.2) is 0 Å². The summed E-state index contributed by atoms with van der Waals surface area (Å²) in [5.74, 6) is -2.99. The van der Waals surface area contributed by atoms with Crippen molar-refractivity contribution in [2.75, 3.05) is 0 Å². The summed E-state index contributed by atoms with van der Waals surface area (Å²) in [4.78, 5) is 21.7. The topological polar surface area (TPSA) is 155 Å². The third-order valence-electron chi connectivity index (χ3n) is 1.68. The highest BCUT2D eigenvalue weighted by Crippen LogP contribution is 2.18. The molecule has 0 spiro atoms. The van der Waals surface area contributed by atoms with Crippen LogP contribution in [-0.2, 0) is 29.8 Å². The van der Waals surface area contributed by atoms with E-state index in [0.717, 1.165) is 0 Å². The Morgan fingerprint density at radius 2 is 1.13 bits per heavy atom. The molecule has 3 N–H and O–H groups in total. The van der Waals surface area contributed by atoms with Crippen molar-refractivity contribution in [3.05, 3.63) is 0 Å². The molecule has 0 bridgehead atoms. The Labute approximate surface area is 84.0 Å². The number of hydrogen-bond donors (Lipinski definition) is 3. The number of amides is 2. The summed E-state index contributed by atoms with van der Waals surface area (Å²) >= 11 is 0. The second kappa shape index (κ2) is 3.23. The Morgan fingerprint density at radius 1 is 0.867 bits per heavy atom. The number of hydrogen-bond acceptors (Lipinski definition) is 6. The zero-order valence-electron chi connectivity index (χ0n) is 6.82. The van der Waals surface area contributed by atoms with E-state index in [1.807, 2.05) is 0 Å². The number of carbonyl (C=O) groups is 2. The van der Waals surface area contributed by atoms with Gasteiger partial charge in [-0.1, -0.05) is 0 Å². The van der Waals surface area contributed by atoms with Gasteiger partial charge in [-0.25, -0.2) is 0 Å². The first-order valence-corrected chi connectivity index (χ1v) is 6.33. The lowest BCUT2D eigenvalue weighted by Gasteiger charge is -2.08. The molecule has 1 heterocycles. The highest BCUT2D eigenvalue weighted by atomic mass is 32.2. The molecule has 2 atom stereocenters. The van der Waals surface area contributed by atoms with Crippen LogP contribution >= 0.6 is 0 Å². The van der Waals surface area contributed by atoms with Crippen LogP contribution < -0.4 is 5.32 Å². The fourth-order valence-corrected chi connectivity index (χ4v) is 3.49. The molecule has 1 rings (SSSR count). The van der Waals surface area contributed by atoms with Crippen molar-refractivity contribution in [1.29, 1.82) is 0 Å². The molecule has 15 heavy (non-hydrogen) atoms. The van der Waals surface area contributed by atoms with Crippen LogP contribution in [0.4, 0.5) is 0 Å². The first-order chi connectivity index (χ1) is 6.55. The van der Waals surface area contributed by atoms with Crippen molar-refractivity contribution in [3.8, 4) is 0 Å². The zero-order valence-corrected chi connectivity index (χ0v) is 8.45. The summed E-state index contributed by atoms with van der Waals surface area (Å²) in [6.07, 6.45) is 0. The quantitative estimate of drug-likeness (QED) is 0.353. The monoisotopic (exact) mass is 259 g/mol. The highest BCUT2D eigenvalue weighted by Gasteiger charge is 2.55. The summed E-state index contributed by atoms with van der Waals surface area (Å²) in [7, 11) is -10.2. The average Bonchev–Trinajstić information content (AvgIpc) is 2.22. The van der Waals surface area contributed by atoms with Gasteiger partial charge in [0.15, 0.2) is 10.5 Å². The van der Waals surface area contributed by atoms with Crippen molar-refractivity contribution in [2.45, 2.75) is 10.5 Å². The smallest absolute Gasteiger partial charge is 0.278 e. The largest absolute Gasteiger partial charge is 0.294 e. The molecule has 9 nitrogen and oxygen atoms in total. The predicted octanol–water partition coefficient (Wildman–Crippen LogP) is -2.84. The van der Waals surface area contributed by atoms with Crippen LogP contribution in [-0.4, -0.2) is 48.3 Å². The van der Waals surface area contributed by atoms with Gasteiger partial charge in [0.2, 0.25) is 11.8 Å². The van der Waals surface area contributed by atoms with Gasteiger partial charge in [-0.15, -0.1) is 0 Å². The minimum Gasteiger partial charge on any atom is -0.294 e. The molecular weight excluding hydrogens is 254 g/mol.